The Morgan fingerprint density at radius 3 is 2.50 bits per heavy atom. The van der Waals surface area contributed by atoms with Crippen LogP contribution in [0.25, 0.3) is 0 Å². The number of hydrogen-bond donors (Lipinski definition) is 2. The summed E-state index contributed by atoms with van der Waals surface area (Å²) in [6, 6.07) is 0. The molecule has 0 heterocycles. The normalized spacial score (nSPS) is 15.7. The molecular formula is C7H12O6S. The number of aliphatic hydroxyl groups is 1. The van der Waals surface area contributed by atoms with E-state index in [4.69, 9.17) is 0 Å². The Kier molecular flexibility index (Phi) is 5.36. The lowest BCUT2D eigenvalue weighted by molar-refractivity contribution is -0.297. The number of carbonyl (C=O) groups excluding carboxylic acids is 1. The van der Waals surface area contributed by atoms with Crippen molar-refractivity contribution in [1.82, 2.24) is 0 Å². The van der Waals surface area contributed by atoms with Gasteiger partial charge in [0.2, 0.25) is 0 Å². The molecule has 6 nitrogen and oxygen atoms in total. The van der Waals surface area contributed by atoms with Gasteiger partial charge in [0.25, 0.3) is 11.0 Å². The SMILES string of the molecule is CC=CC(=O)OC(O)(CC)O[SH](=O)=O. The maximum Gasteiger partial charge on any atom is 0.341 e. The number of ether oxygens (including phenoxy) is 1. The molecule has 0 bridgehead atoms. The zero-order valence-electron chi connectivity index (χ0n) is 7.80. The summed E-state index contributed by atoms with van der Waals surface area (Å²) in [5, 5.41) is 9.30. The average Bonchev–Trinajstić information content (AvgIpc) is 2.02. The topological polar surface area (TPSA) is 89.9 Å². The molecular weight excluding hydrogens is 212 g/mol. The second-order valence-corrected chi connectivity index (χ2v) is 2.93. The van der Waals surface area contributed by atoms with E-state index < -0.39 is 22.9 Å². The van der Waals surface area contributed by atoms with Gasteiger partial charge in [-0.1, -0.05) is 13.0 Å². The molecule has 1 N–H and O–H groups in total. The Labute approximate surface area is 83.3 Å². The maximum atomic E-state index is 10.9. The van der Waals surface area contributed by atoms with E-state index >= 15 is 0 Å². The second kappa shape index (κ2) is 5.74. The van der Waals surface area contributed by atoms with Crippen LogP contribution < -0.4 is 0 Å². The molecule has 1 unspecified atom stereocenters. The molecule has 0 aromatic carbocycles. The monoisotopic (exact) mass is 224 g/mol. The molecule has 0 saturated heterocycles. The van der Waals surface area contributed by atoms with Crippen molar-refractivity contribution in [3.05, 3.63) is 12.2 Å². The van der Waals surface area contributed by atoms with Gasteiger partial charge in [0.15, 0.2) is 0 Å². The quantitative estimate of drug-likeness (QED) is 0.288. The zero-order chi connectivity index (χ0) is 11.2. The summed E-state index contributed by atoms with van der Waals surface area (Å²) < 4.78 is 28.7. The van der Waals surface area contributed by atoms with Crippen LogP contribution in [0.2, 0.25) is 0 Å². The first-order valence-electron chi connectivity index (χ1n) is 3.85. The molecule has 0 aromatic heterocycles. The molecule has 14 heavy (non-hydrogen) atoms. The lowest BCUT2D eigenvalue weighted by Gasteiger charge is -2.21. The first kappa shape index (κ1) is 13.1. The zero-order valence-corrected chi connectivity index (χ0v) is 8.69. The first-order chi connectivity index (χ1) is 6.43. The van der Waals surface area contributed by atoms with Crippen molar-refractivity contribution < 1.29 is 27.2 Å². The lowest BCUT2D eigenvalue weighted by Crippen LogP contribution is -2.36. The second-order valence-electron chi connectivity index (χ2n) is 2.30. The fourth-order valence-corrected chi connectivity index (χ4v) is 0.998. The maximum absolute atomic E-state index is 10.9. The standard InChI is InChI=1S/C7H12O6S/c1-3-5-6(8)12-7(9,4-2)13-14(10)11/h3,5,9,14H,4H2,1-2H3. The highest BCUT2D eigenvalue weighted by Crippen LogP contribution is 2.14. The highest BCUT2D eigenvalue weighted by Gasteiger charge is 2.31. The van der Waals surface area contributed by atoms with Crippen molar-refractivity contribution in [3.63, 3.8) is 0 Å². The minimum Gasteiger partial charge on any atom is -0.404 e. The van der Waals surface area contributed by atoms with Crippen molar-refractivity contribution >= 4 is 17.0 Å². The van der Waals surface area contributed by atoms with Crippen LogP contribution in [0, 0.1) is 0 Å². The van der Waals surface area contributed by atoms with E-state index in [0.29, 0.717) is 0 Å². The molecule has 82 valence electrons. The van der Waals surface area contributed by atoms with Crippen molar-refractivity contribution in [3.8, 4) is 0 Å². The van der Waals surface area contributed by atoms with Gasteiger partial charge in [0.05, 0.1) is 0 Å². The Morgan fingerprint density at radius 1 is 1.57 bits per heavy atom. The number of esters is 1. The summed E-state index contributed by atoms with van der Waals surface area (Å²) in [7, 11) is -3.29. The number of allylic oxidation sites excluding steroid dienone is 1. The van der Waals surface area contributed by atoms with Crippen LogP contribution in [0.1, 0.15) is 20.3 Å². The summed E-state index contributed by atoms with van der Waals surface area (Å²) in [4.78, 5) is 10.9. The van der Waals surface area contributed by atoms with Crippen LogP contribution in [-0.4, -0.2) is 25.5 Å². The van der Waals surface area contributed by atoms with Crippen LogP contribution in [0.5, 0.6) is 0 Å². The minimum atomic E-state index is -3.29. The summed E-state index contributed by atoms with van der Waals surface area (Å²) >= 11 is 0. The van der Waals surface area contributed by atoms with Gasteiger partial charge in [-0.3, -0.25) is 0 Å². The largest absolute Gasteiger partial charge is 0.404 e. The van der Waals surface area contributed by atoms with Gasteiger partial charge in [-0.15, -0.1) is 0 Å². The molecule has 0 radical (unpaired) electrons. The van der Waals surface area contributed by atoms with Crippen LogP contribution in [0.3, 0.4) is 0 Å². The Morgan fingerprint density at radius 2 is 2.14 bits per heavy atom. The minimum absolute atomic E-state index is 0.195. The van der Waals surface area contributed by atoms with E-state index in [1.807, 2.05) is 0 Å². The van der Waals surface area contributed by atoms with Crippen LogP contribution in [-0.2, 0) is 24.7 Å². The first-order valence-corrected chi connectivity index (χ1v) is 4.94. The van der Waals surface area contributed by atoms with E-state index in [-0.39, 0.29) is 6.42 Å². The fourth-order valence-electron chi connectivity index (χ4n) is 0.599. The van der Waals surface area contributed by atoms with Crippen molar-refractivity contribution in [1.29, 1.82) is 0 Å². The molecule has 0 amide bonds. The molecule has 0 aliphatic heterocycles. The molecule has 0 spiro atoms. The van der Waals surface area contributed by atoms with Gasteiger partial charge < -0.3 is 9.84 Å². The molecule has 1 atom stereocenters. The number of thiol groups is 1. The Hall–Kier alpha value is -0.920. The van der Waals surface area contributed by atoms with Crippen molar-refractivity contribution in [2.75, 3.05) is 0 Å². The summed E-state index contributed by atoms with van der Waals surface area (Å²) in [6.45, 7) is 2.98. The predicted molar refractivity (Wildman–Crippen MR) is 47.5 cm³/mol. The average molecular weight is 224 g/mol. The molecule has 0 fully saturated rings. The smallest absolute Gasteiger partial charge is 0.341 e. The molecule has 7 heteroatoms. The number of rotatable bonds is 5. The van der Waals surface area contributed by atoms with Crippen LogP contribution in [0.4, 0.5) is 0 Å². The van der Waals surface area contributed by atoms with Gasteiger partial charge in [-0.2, -0.15) is 4.18 Å². The Balaban J connectivity index is 4.46. The van der Waals surface area contributed by atoms with E-state index in [2.05, 4.69) is 8.92 Å². The Bertz CT molecular complexity index is 287. The van der Waals surface area contributed by atoms with E-state index in [1.54, 1.807) is 6.92 Å². The fraction of sp³-hybridized carbons (Fsp3) is 0.571. The van der Waals surface area contributed by atoms with Gasteiger partial charge >= 0.3 is 11.9 Å². The molecule has 0 aromatic rings. The summed E-state index contributed by atoms with van der Waals surface area (Å²) in [5.74, 6) is -3.29. The third-order valence-corrected chi connectivity index (χ3v) is 1.66. The van der Waals surface area contributed by atoms with E-state index in [1.165, 1.54) is 13.0 Å². The molecule has 0 aliphatic rings. The summed E-state index contributed by atoms with van der Waals surface area (Å²) in [6.07, 6.45) is 2.22. The summed E-state index contributed by atoms with van der Waals surface area (Å²) in [5.41, 5.74) is 0. The molecule has 0 rings (SSSR count). The highest BCUT2D eigenvalue weighted by molar-refractivity contribution is 7.67. The molecule has 0 saturated carbocycles. The third kappa shape index (κ3) is 4.95. The van der Waals surface area contributed by atoms with Gasteiger partial charge in [0.1, 0.15) is 0 Å². The lowest BCUT2D eigenvalue weighted by atomic mass is 10.4. The van der Waals surface area contributed by atoms with E-state index in [9.17, 15) is 18.3 Å². The number of carbonyl (C=O) groups is 1. The van der Waals surface area contributed by atoms with E-state index in [0.717, 1.165) is 6.08 Å². The highest BCUT2D eigenvalue weighted by atomic mass is 32.2. The van der Waals surface area contributed by atoms with Gasteiger partial charge in [0, 0.05) is 12.5 Å². The van der Waals surface area contributed by atoms with Crippen LogP contribution in [0.15, 0.2) is 12.2 Å². The van der Waals surface area contributed by atoms with Crippen molar-refractivity contribution in [2.45, 2.75) is 26.2 Å². The number of hydrogen-bond acceptors (Lipinski definition) is 6. The van der Waals surface area contributed by atoms with Crippen molar-refractivity contribution in [2.24, 2.45) is 0 Å². The van der Waals surface area contributed by atoms with Gasteiger partial charge in [-0.05, 0) is 6.92 Å². The predicted octanol–water partition coefficient (Wildman–Crippen LogP) is -0.295. The van der Waals surface area contributed by atoms with Gasteiger partial charge in [-0.25, -0.2) is 13.2 Å². The third-order valence-electron chi connectivity index (χ3n) is 1.23. The molecule has 0 aliphatic carbocycles. The van der Waals surface area contributed by atoms with Crippen LogP contribution >= 0.6 is 0 Å².